The molecular formula is C29H33NO7S. The van der Waals surface area contributed by atoms with Gasteiger partial charge < -0.3 is 13.9 Å². The summed E-state index contributed by atoms with van der Waals surface area (Å²) in [6, 6.07) is 15.7. The molecule has 8 nitrogen and oxygen atoms in total. The fraction of sp³-hybridized carbons (Fsp3) is 0.379. The quantitative estimate of drug-likeness (QED) is 0.271. The number of aryl methyl sites for hydroxylation is 1. The highest BCUT2D eigenvalue weighted by Gasteiger charge is 2.35. The number of carbonyl (C=O) groups is 2. The van der Waals surface area contributed by atoms with Gasteiger partial charge in [0.15, 0.2) is 11.5 Å². The van der Waals surface area contributed by atoms with Crippen molar-refractivity contribution in [1.82, 2.24) is 4.31 Å². The standard InChI is InChI=1S/C29H33NO7S/c1-5-8-23-18-30(38(33,34)28-10-7-6-9-27(28)36-23)17-22-15-21(12-11-19(22)2)24(16-29(32)35-4)26-14-13-25(37-26)20(3)31/h6-7,9-15,23-24H,5,8,16-18H2,1-4H3/t23-,24?/m1/s1. The van der Waals surface area contributed by atoms with E-state index in [1.54, 1.807) is 36.4 Å². The number of rotatable bonds is 9. The number of carbonyl (C=O) groups excluding carboxylic acids is 2. The zero-order valence-corrected chi connectivity index (χ0v) is 22.9. The molecule has 0 aliphatic carbocycles. The predicted molar refractivity (Wildman–Crippen MR) is 142 cm³/mol. The van der Waals surface area contributed by atoms with Crippen molar-refractivity contribution in [1.29, 1.82) is 0 Å². The summed E-state index contributed by atoms with van der Waals surface area (Å²) in [6.07, 6.45) is 1.31. The van der Waals surface area contributed by atoms with E-state index in [1.165, 1.54) is 18.3 Å². The number of fused-ring (bicyclic) bond motifs is 1. The second-order valence-electron chi connectivity index (χ2n) is 9.55. The van der Waals surface area contributed by atoms with Crippen LogP contribution in [-0.2, 0) is 26.1 Å². The number of sulfonamides is 1. The third kappa shape index (κ3) is 5.84. The van der Waals surface area contributed by atoms with Gasteiger partial charge in [-0.1, -0.05) is 43.7 Å². The van der Waals surface area contributed by atoms with E-state index in [0.29, 0.717) is 11.5 Å². The van der Waals surface area contributed by atoms with Crippen LogP contribution in [0.5, 0.6) is 5.75 Å². The highest BCUT2D eigenvalue weighted by molar-refractivity contribution is 7.89. The third-order valence-electron chi connectivity index (χ3n) is 6.82. The predicted octanol–water partition coefficient (Wildman–Crippen LogP) is 5.24. The first-order valence-corrected chi connectivity index (χ1v) is 14.1. The van der Waals surface area contributed by atoms with Crippen molar-refractivity contribution in [3.05, 3.63) is 82.8 Å². The van der Waals surface area contributed by atoms with Crippen molar-refractivity contribution >= 4 is 21.8 Å². The summed E-state index contributed by atoms with van der Waals surface area (Å²) < 4.78 is 45.7. The molecule has 1 aliphatic heterocycles. The number of esters is 1. The Bertz CT molecular complexity index is 1430. The highest BCUT2D eigenvalue weighted by atomic mass is 32.2. The molecular weight excluding hydrogens is 506 g/mol. The molecule has 202 valence electrons. The van der Waals surface area contributed by atoms with E-state index < -0.39 is 21.9 Å². The highest BCUT2D eigenvalue weighted by Crippen LogP contribution is 2.35. The summed E-state index contributed by atoms with van der Waals surface area (Å²) in [5.41, 5.74) is 2.47. The Morgan fingerprint density at radius 2 is 1.89 bits per heavy atom. The van der Waals surface area contributed by atoms with E-state index in [0.717, 1.165) is 29.5 Å². The monoisotopic (exact) mass is 539 g/mol. The topological polar surface area (TPSA) is 103 Å². The van der Waals surface area contributed by atoms with Crippen LogP contribution in [0, 0.1) is 6.92 Å². The molecule has 38 heavy (non-hydrogen) atoms. The summed E-state index contributed by atoms with van der Waals surface area (Å²) in [7, 11) is -2.50. The molecule has 2 heterocycles. The smallest absolute Gasteiger partial charge is 0.306 e. The van der Waals surface area contributed by atoms with Crippen molar-refractivity contribution in [3.63, 3.8) is 0 Å². The number of ether oxygens (including phenoxy) is 2. The molecule has 0 fully saturated rings. The van der Waals surface area contributed by atoms with E-state index in [1.807, 2.05) is 32.0 Å². The van der Waals surface area contributed by atoms with E-state index in [9.17, 15) is 18.0 Å². The molecule has 0 spiro atoms. The second-order valence-corrected chi connectivity index (χ2v) is 11.5. The SMILES string of the molecule is CCC[C@@H]1CN(Cc2cc(C(CC(=O)OC)c3ccc(C(C)=O)o3)ccc2C)S(=O)(=O)c2ccccc2O1. The van der Waals surface area contributed by atoms with Crippen LogP contribution in [0.4, 0.5) is 0 Å². The van der Waals surface area contributed by atoms with Crippen LogP contribution in [0.25, 0.3) is 0 Å². The molecule has 0 saturated heterocycles. The maximum atomic E-state index is 13.7. The number of hydrogen-bond acceptors (Lipinski definition) is 7. The molecule has 1 aromatic heterocycles. The van der Waals surface area contributed by atoms with Gasteiger partial charge in [-0.25, -0.2) is 8.42 Å². The molecule has 1 unspecified atom stereocenters. The minimum Gasteiger partial charge on any atom is -0.488 e. The van der Waals surface area contributed by atoms with Crippen LogP contribution in [-0.4, -0.2) is 44.2 Å². The van der Waals surface area contributed by atoms with Gasteiger partial charge in [-0.2, -0.15) is 4.31 Å². The fourth-order valence-electron chi connectivity index (χ4n) is 4.69. The summed E-state index contributed by atoms with van der Waals surface area (Å²) in [5.74, 6) is -0.109. The average Bonchev–Trinajstić information content (AvgIpc) is 3.35. The van der Waals surface area contributed by atoms with Crippen LogP contribution in [0.15, 0.2) is 63.9 Å². The lowest BCUT2D eigenvalue weighted by atomic mass is 9.90. The first-order chi connectivity index (χ1) is 18.1. The van der Waals surface area contributed by atoms with Gasteiger partial charge >= 0.3 is 5.97 Å². The van der Waals surface area contributed by atoms with Crippen molar-refractivity contribution < 1.29 is 31.9 Å². The third-order valence-corrected chi connectivity index (χ3v) is 8.67. The van der Waals surface area contributed by atoms with Gasteiger partial charge in [0.2, 0.25) is 10.0 Å². The molecule has 0 N–H and O–H groups in total. The summed E-state index contributed by atoms with van der Waals surface area (Å²) in [5, 5.41) is 0. The number of para-hydroxylation sites is 1. The Morgan fingerprint density at radius 3 is 2.58 bits per heavy atom. The minimum atomic E-state index is -3.82. The maximum absolute atomic E-state index is 13.7. The largest absolute Gasteiger partial charge is 0.488 e. The first kappa shape index (κ1) is 27.6. The summed E-state index contributed by atoms with van der Waals surface area (Å²) >= 11 is 0. The van der Waals surface area contributed by atoms with E-state index in [2.05, 4.69) is 0 Å². The van der Waals surface area contributed by atoms with Crippen molar-refractivity contribution in [2.45, 2.75) is 63.5 Å². The first-order valence-electron chi connectivity index (χ1n) is 12.7. The lowest BCUT2D eigenvalue weighted by Crippen LogP contribution is -2.36. The summed E-state index contributed by atoms with van der Waals surface area (Å²) in [4.78, 5) is 24.2. The Kier molecular flexibility index (Phi) is 8.38. The zero-order valence-electron chi connectivity index (χ0n) is 22.1. The maximum Gasteiger partial charge on any atom is 0.306 e. The molecule has 4 rings (SSSR count). The normalized spacial score (nSPS) is 17.6. The lowest BCUT2D eigenvalue weighted by Gasteiger charge is -2.24. The molecule has 0 bridgehead atoms. The van der Waals surface area contributed by atoms with Crippen LogP contribution in [0.1, 0.15) is 72.0 Å². The zero-order chi connectivity index (χ0) is 27.4. The van der Waals surface area contributed by atoms with E-state index >= 15 is 0 Å². The average molecular weight is 540 g/mol. The minimum absolute atomic E-state index is 0.00562. The summed E-state index contributed by atoms with van der Waals surface area (Å²) in [6.45, 7) is 5.74. The number of benzene rings is 2. The molecule has 2 aromatic carbocycles. The Labute approximate surface area is 223 Å². The Hall–Kier alpha value is -3.43. The molecule has 0 radical (unpaired) electrons. The van der Waals surface area contributed by atoms with Gasteiger partial charge in [0.05, 0.1) is 26.0 Å². The lowest BCUT2D eigenvalue weighted by molar-refractivity contribution is -0.140. The number of furan rings is 1. The van der Waals surface area contributed by atoms with Crippen molar-refractivity contribution in [2.24, 2.45) is 0 Å². The van der Waals surface area contributed by atoms with Crippen LogP contribution in [0.3, 0.4) is 0 Å². The number of ketones is 1. The molecule has 2 atom stereocenters. The van der Waals surface area contributed by atoms with Crippen LogP contribution < -0.4 is 4.74 Å². The number of hydrogen-bond donors (Lipinski definition) is 0. The number of Topliss-reactive ketones (excluding diaryl/α,β-unsaturated/α-hetero) is 1. The molecule has 1 aliphatic rings. The van der Waals surface area contributed by atoms with Gasteiger partial charge in [0.25, 0.3) is 0 Å². The second kappa shape index (κ2) is 11.5. The molecule has 0 amide bonds. The number of nitrogens with zero attached hydrogens (tertiary/aromatic N) is 1. The molecule has 9 heteroatoms. The van der Waals surface area contributed by atoms with Gasteiger partial charge in [-0.3, -0.25) is 9.59 Å². The van der Waals surface area contributed by atoms with Crippen LogP contribution in [0.2, 0.25) is 0 Å². The van der Waals surface area contributed by atoms with Crippen LogP contribution >= 0.6 is 0 Å². The van der Waals surface area contributed by atoms with Crippen molar-refractivity contribution in [3.8, 4) is 5.75 Å². The van der Waals surface area contributed by atoms with Gasteiger partial charge in [0.1, 0.15) is 22.5 Å². The Morgan fingerprint density at radius 1 is 1.13 bits per heavy atom. The fourth-order valence-corrected chi connectivity index (χ4v) is 6.26. The van der Waals surface area contributed by atoms with Gasteiger partial charge in [-0.15, -0.1) is 0 Å². The van der Waals surface area contributed by atoms with Gasteiger partial charge in [0, 0.05) is 13.5 Å². The van der Waals surface area contributed by atoms with E-state index in [-0.39, 0.29) is 42.1 Å². The van der Waals surface area contributed by atoms with Gasteiger partial charge in [-0.05, 0) is 54.3 Å². The Balaban J connectivity index is 1.73. The molecule has 0 saturated carbocycles. The van der Waals surface area contributed by atoms with E-state index in [4.69, 9.17) is 13.9 Å². The number of methoxy groups -OCH3 is 1. The molecule has 3 aromatic rings. The van der Waals surface area contributed by atoms with Crippen molar-refractivity contribution in [2.75, 3.05) is 13.7 Å².